The third kappa shape index (κ3) is 4.36. The van der Waals surface area contributed by atoms with E-state index in [0.717, 1.165) is 34.5 Å². The Morgan fingerprint density at radius 1 is 1.07 bits per heavy atom. The molecule has 0 saturated heterocycles. The van der Waals surface area contributed by atoms with E-state index in [4.69, 9.17) is 4.74 Å². The van der Waals surface area contributed by atoms with Crippen molar-refractivity contribution in [3.8, 4) is 17.1 Å². The number of nitrogens with zero attached hydrogens (tertiary/aromatic N) is 4. The number of carbonyl (C=O) groups is 1. The first-order valence-electron chi connectivity index (χ1n) is 9.23. The largest absolute Gasteiger partial charge is 0.497 e. The Morgan fingerprint density at radius 3 is 2.39 bits per heavy atom. The smallest absolute Gasteiger partial charge is 0.237 e. The molecule has 2 aromatic carbocycles. The summed E-state index contributed by atoms with van der Waals surface area (Å²) in [7, 11) is 1.64. The number of para-hydroxylation sites is 1. The minimum Gasteiger partial charge on any atom is -0.497 e. The van der Waals surface area contributed by atoms with Crippen molar-refractivity contribution in [1.82, 2.24) is 14.8 Å². The normalized spacial score (nSPS) is 10.7. The molecule has 0 spiro atoms. The third-order valence-corrected chi connectivity index (χ3v) is 5.34. The zero-order chi connectivity index (χ0) is 19.9. The van der Waals surface area contributed by atoms with Crippen LogP contribution in [-0.2, 0) is 11.3 Å². The minimum atomic E-state index is 0.0513. The molecule has 1 aromatic heterocycles. The fourth-order valence-corrected chi connectivity index (χ4v) is 3.83. The Labute approximate surface area is 169 Å². The number of carbonyl (C=O) groups excluding carboxylic acids is 1. The molecule has 0 atom stereocenters. The van der Waals surface area contributed by atoms with E-state index in [-0.39, 0.29) is 5.91 Å². The summed E-state index contributed by atoms with van der Waals surface area (Å²) in [6, 6.07) is 17.4. The van der Waals surface area contributed by atoms with E-state index < -0.39 is 0 Å². The number of hydrogen-bond donors (Lipinski definition) is 0. The fourth-order valence-electron chi connectivity index (χ4n) is 2.95. The summed E-state index contributed by atoms with van der Waals surface area (Å²) in [5, 5.41) is 9.39. The topological polar surface area (TPSA) is 60.3 Å². The molecule has 146 valence electrons. The minimum absolute atomic E-state index is 0.0513. The van der Waals surface area contributed by atoms with Gasteiger partial charge >= 0.3 is 0 Å². The highest BCUT2D eigenvalue weighted by Gasteiger charge is 2.18. The molecule has 7 heteroatoms. The van der Waals surface area contributed by atoms with Crippen LogP contribution in [-0.4, -0.2) is 40.1 Å². The van der Waals surface area contributed by atoms with Gasteiger partial charge in [0, 0.05) is 24.3 Å². The average Bonchev–Trinajstić information content (AvgIpc) is 3.16. The summed E-state index contributed by atoms with van der Waals surface area (Å²) in [6.45, 7) is 5.37. The number of ether oxygens (including phenoxy) is 1. The van der Waals surface area contributed by atoms with Crippen LogP contribution in [0.1, 0.15) is 13.8 Å². The van der Waals surface area contributed by atoms with Crippen molar-refractivity contribution in [3.63, 3.8) is 0 Å². The molecule has 0 unspecified atom stereocenters. The number of thioether (sulfide) groups is 1. The van der Waals surface area contributed by atoms with Crippen LogP contribution in [0.2, 0.25) is 0 Å². The molecular weight excluding hydrogens is 372 g/mol. The number of aromatic nitrogens is 3. The van der Waals surface area contributed by atoms with Crippen LogP contribution in [0.25, 0.3) is 11.4 Å². The molecule has 0 aliphatic heterocycles. The summed E-state index contributed by atoms with van der Waals surface area (Å²) in [4.78, 5) is 14.5. The van der Waals surface area contributed by atoms with E-state index in [1.54, 1.807) is 12.0 Å². The van der Waals surface area contributed by atoms with Crippen LogP contribution in [0.4, 0.5) is 5.69 Å². The lowest BCUT2D eigenvalue weighted by atomic mass is 10.2. The second-order valence-corrected chi connectivity index (χ2v) is 6.98. The molecule has 6 nitrogen and oxygen atoms in total. The molecule has 0 aliphatic carbocycles. The number of rotatable bonds is 8. The quantitative estimate of drug-likeness (QED) is 0.536. The van der Waals surface area contributed by atoms with Gasteiger partial charge in [-0.2, -0.15) is 0 Å². The van der Waals surface area contributed by atoms with Gasteiger partial charge in [-0.05, 0) is 50.2 Å². The highest BCUT2D eigenvalue weighted by Crippen LogP contribution is 2.26. The second-order valence-electron chi connectivity index (χ2n) is 6.04. The second kappa shape index (κ2) is 9.41. The molecule has 0 saturated carbocycles. The van der Waals surface area contributed by atoms with Crippen LogP contribution < -0.4 is 9.64 Å². The molecule has 1 heterocycles. The lowest BCUT2D eigenvalue weighted by molar-refractivity contribution is -0.116. The number of anilines is 1. The maximum atomic E-state index is 12.7. The predicted octanol–water partition coefficient (Wildman–Crippen LogP) is 4.12. The van der Waals surface area contributed by atoms with Crippen LogP contribution in [0.15, 0.2) is 59.8 Å². The van der Waals surface area contributed by atoms with Gasteiger partial charge in [0.25, 0.3) is 0 Å². The van der Waals surface area contributed by atoms with E-state index in [1.165, 1.54) is 11.8 Å². The molecule has 0 N–H and O–H groups in total. The van der Waals surface area contributed by atoms with Crippen LogP contribution in [0, 0.1) is 0 Å². The maximum Gasteiger partial charge on any atom is 0.237 e. The van der Waals surface area contributed by atoms with Crippen molar-refractivity contribution in [2.24, 2.45) is 0 Å². The van der Waals surface area contributed by atoms with E-state index >= 15 is 0 Å². The highest BCUT2D eigenvalue weighted by atomic mass is 32.2. The maximum absolute atomic E-state index is 12.7. The number of amides is 1. The summed E-state index contributed by atoms with van der Waals surface area (Å²) >= 11 is 1.41. The monoisotopic (exact) mass is 396 g/mol. The molecular formula is C21H24N4O2S. The van der Waals surface area contributed by atoms with Gasteiger partial charge in [-0.25, -0.2) is 0 Å². The van der Waals surface area contributed by atoms with Crippen LogP contribution >= 0.6 is 11.8 Å². The third-order valence-electron chi connectivity index (χ3n) is 4.39. The SMILES string of the molecule is CCN(C(=O)CSc1nnc(-c2ccc(OC)cc2)n1CC)c1ccccc1. The first-order chi connectivity index (χ1) is 13.7. The lowest BCUT2D eigenvalue weighted by Gasteiger charge is -2.20. The molecule has 3 rings (SSSR count). The van der Waals surface area contributed by atoms with E-state index in [1.807, 2.05) is 73.0 Å². The lowest BCUT2D eigenvalue weighted by Crippen LogP contribution is -2.32. The van der Waals surface area contributed by atoms with E-state index in [0.29, 0.717) is 12.3 Å². The van der Waals surface area contributed by atoms with Crippen molar-refractivity contribution in [2.45, 2.75) is 25.5 Å². The molecule has 3 aromatic rings. The molecule has 0 bridgehead atoms. The summed E-state index contributed by atoms with van der Waals surface area (Å²) < 4.78 is 7.24. The van der Waals surface area contributed by atoms with Gasteiger partial charge in [-0.15, -0.1) is 10.2 Å². The van der Waals surface area contributed by atoms with Gasteiger partial charge in [0.2, 0.25) is 5.91 Å². The standard InChI is InChI=1S/C21H24N4O2S/c1-4-24(17-9-7-6-8-10-17)19(26)15-28-21-23-22-20(25(21)5-2)16-11-13-18(27-3)14-12-16/h6-14H,4-5,15H2,1-3H3. The predicted molar refractivity (Wildman–Crippen MR) is 113 cm³/mol. The zero-order valence-corrected chi connectivity index (χ0v) is 17.1. The van der Waals surface area contributed by atoms with Gasteiger partial charge < -0.3 is 14.2 Å². The number of hydrogen-bond acceptors (Lipinski definition) is 5. The average molecular weight is 397 g/mol. The number of methoxy groups -OCH3 is 1. The summed E-state index contributed by atoms with van der Waals surface area (Å²) in [5.74, 6) is 1.95. The Morgan fingerprint density at radius 2 is 1.79 bits per heavy atom. The van der Waals surface area contributed by atoms with E-state index in [9.17, 15) is 4.79 Å². The van der Waals surface area contributed by atoms with Crippen LogP contribution in [0.3, 0.4) is 0 Å². The van der Waals surface area contributed by atoms with Crippen molar-refractivity contribution in [1.29, 1.82) is 0 Å². The van der Waals surface area contributed by atoms with Crippen molar-refractivity contribution < 1.29 is 9.53 Å². The summed E-state index contributed by atoms with van der Waals surface area (Å²) in [5.41, 5.74) is 1.87. The first-order valence-corrected chi connectivity index (χ1v) is 10.2. The molecule has 1 amide bonds. The molecule has 0 aliphatic rings. The molecule has 0 radical (unpaired) electrons. The van der Waals surface area contributed by atoms with Gasteiger partial charge in [-0.1, -0.05) is 30.0 Å². The number of benzene rings is 2. The molecule has 0 fully saturated rings. The van der Waals surface area contributed by atoms with Crippen molar-refractivity contribution in [2.75, 3.05) is 24.3 Å². The Balaban J connectivity index is 1.74. The Bertz CT molecular complexity index is 910. The van der Waals surface area contributed by atoms with Gasteiger partial charge in [0.1, 0.15) is 5.75 Å². The zero-order valence-electron chi connectivity index (χ0n) is 16.3. The fraction of sp³-hybridized carbons (Fsp3) is 0.286. The van der Waals surface area contributed by atoms with Crippen LogP contribution in [0.5, 0.6) is 5.75 Å². The Kier molecular flexibility index (Phi) is 6.71. The Hall–Kier alpha value is -2.80. The van der Waals surface area contributed by atoms with Gasteiger partial charge in [-0.3, -0.25) is 4.79 Å². The van der Waals surface area contributed by atoms with E-state index in [2.05, 4.69) is 10.2 Å². The molecule has 28 heavy (non-hydrogen) atoms. The highest BCUT2D eigenvalue weighted by molar-refractivity contribution is 7.99. The first kappa shape index (κ1) is 19.9. The summed E-state index contributed by atoms with van der Waals surface area (Å²) in [6.07, 6.45) is 0. The van der Waals surface area contributed by atoms with Crippen molar-refractivity contribution >= 4 is 23.4 Å². The van der Waals surface area contributed by atoms with Gasteiger partial charge in [0.15, 0.2) is 11.0 Å². The van der Waals surface area contributed by atoms with Gasteiger partial charge in [0.05, 0.1) is 12.9 Å². The van der Waals surface area contributed by atoms with Crippen molar-refractivity contribution in [3.05, 3.63) is 54.6 Å².